The van der Waals surface area contributed by atoms with Gasteiger partial charge in [-0.05, 0) is 18.8 Å². The fourth-order valence-corrected chi connectivity index (χ4v) is 2.16. The molecule has 3 rings (SSSR count). The molecule has 1 aliphatic heterocycles. The Hall–Kier alpha value is -2.29. The average Bonchev–Trinajstić information content (AvgIpc) is 3.08. The molecule has 0 unspecified atom stereocenters. The maximum absolute atomic E-state index is 5.36. The van der Waals surface area contributed by atoms with Crippen LogP contribution in [0.25, 0.3) is 5.95 Å². The van der Waals surface area contributed by atoms with Gasteiger partial charge in [-0.15, -0.1) is 0 Å². The van der Waals surface area contributed by atoms with Crippen LogP contribution in [0, 0.1) is 5.92 Å². The zero-order chi connectivity index (χ0) is 14.5. The third kappa shape index (κ3) is 3.43. The van der Waals surface area contributed by atoms with Crippen molar-refractivity contribution in [3.05, 3.63) is 12.7 Å². The van der Waals surface area contributed by atoms with Crippen LogP contribution >= 0.6 is 0 Å². The van der Waals surface area contributed by atoms with E-state index in [1.165, 1.54) is 11.0 Å². The molecule has 0 radical (unpaired) electrons. The molecule has 0 amide bonds. The van der Waals surface area contributed by atoms with E-state index in [9.17, 15) is 0 Å². The summed E-state index contributed by atoms with van der Waals surface area (Å²) in [7, 11) is 1.77. The summed E-state index contributed by atoms with van der Waals surface area (Å²) in [5.41, 5.74) is 0. The van der Waals surface area contributed by atoms with Gasteiger partial charge in [0.05, 0.1) is 0 Å². The number of hydrogen-bond donors (Lipinski definition) is 2. The molecule has 9 heteroatoms. The Morgan fingerprint density at radius 3 is 2.76 bits per heavy atom. The number of hydrogen-bond acceptors (Lipinski definition) is 8. The first-order valence-electron chi connectivity index (χ1n) is 6.95. The van der Waals surface area contributed by atoms with Crippen molar-refractivity contribution >= 4 is 11.9 Å². The lowest BCUT2D eigenvalue weighted by Gasteiger charge is -2.22. The monoisotopic (exact) mass is 290 g/mol. The van der Waals surface area contributed by atoms with Crippen LogP contribution in [0.2, 0.25) is 0 Å². The average molecular weight is 290 g/mol. The summed E-state index contributed by atoms with van der Waals surface area (Å²) in [4.78, 5) is 16.8. The molecule has 21 heavy (non-hydrogen) atoms. The van der Waals surface area contributed by atoms with Crippen LogP contribution in [0.4, 0.5) is 11.9 Å². The Morgan fingerprint density at radius 1 is 1.24 bits per heavy atom. The molecular weight excluding hydrogens is 272 g/mol. The molecule has 0 aliphatic carbocycles. The standard InChI is InChI=1S/C12H18N8O/c1-13-10-17-11(15-6-9-2-4-21-5-3-9)19-12(18-10)20-8-14-7-16-20/h7-9H,2-6H2,1H3,(H2,13,15,17,18,19). The van der Waals surface area contributed by atoms with E-state index in [1.54, 1.807) is 13.4 Å². The second kappa shape index (κ2) is 6.44. The fraction of sp³-hybridized carbons (Fsp3) is 0.583. The molecule has 2 aromatic rings. The van der Waals surface area contributed by atoms with E-state index in [0.717, 1.165) is 32.6 Å². The van der Waals surface area contributed by atoms with E-state index in [0.29, 0.717) is 23.8 Å². The number of anilines is 2. The van der Waals surface area contributed by atoms with Crippen molar-refractivity contribution < 1.29 is 4.74 Å². The van der Waals surface area contributed by atoms with Crippen LogP contribution in [0.5, 0.6) is 0 Å². The highest BCUT2D eigenvalue weighted by molar-refractivity contribution is 5.37. The highest BCUT2D eigenvalue weighted by atomic mass is 16.5. The minimum Gasteiger partial charge on any atom is -0.381 e. The Morgan fingerprint density at radius 2 is 2.05 bits per heavy atom. The van der Waals surface area contributed by atoms with Crippen molar-refractivity contribution in [1.82, 2.24) is 29.7 Å². The SMILES string of the molecule is CNc1nc(NCC2CCOCC2)nc(-n2cncn2)n1. The van der Waals surface area contributed by atoms with Gasteiger partial charge in [0, 0.05) is 26.8 Å². The molecule has 1 fully saturated rings. The van der Waals surface area contributed by atoms with Gasteiger partial charge in [-0.2, -0.15) is 24.7 Å². The molecule has 0 aromatic carbocycles. The normalized spacial score (nSPS) is 15.9. The second-order valence-corrected chi connectivity index (χ2v) is 4.81. The summed E-state index contributed by atoms with van der Waals surface area (Å²) in [6, 6.07) is 0. The molecule has 1 saturated heterocycles. The van der Waals surface area contributed by atoms with Crippen LogP contribution in [0.15, 0.2) is 12.7 Å². The van der Waals surface area contributed by atoms with E-state index in [1.807, 2.05) is 0 Å². The Bertz CT molecular complexity index is 567. The first-order chi connectivity index (χ1) is 10.3. The number of nitrogens with one attached hydrogen (secondary N) is 2. The summed E-state index contributed by atoms with van der Waals surface area (Å²) in [6.45, 7) is 2.48. The lowest BCUT2D eigenvalue weighted by atomic mass is 10.0. The van der Waals surface area contributed by atoms with E-state index in [-0.39, 0.29) is 0 Å². The van der Waals surface area contributed by atoms with Gasteiger partial charge in [0.25, 0.3) is 5.95 Å². The lowest BCUT2D eigenvalue weighted by molar-refractivity contribution is 0.0699. The predicted molar refractivity (Wildman–Crippen MR) is 76.3 cm³/mol. The maximum Gasteiger partial charge on any atom is 0.258 e. The summed E-state index contributed by atoms with van der Waals surface area (Å²) >= 11 is 0. The number of aromatic nitrogens is 6. The molecule has 0 saturated carbocycles. The van der Waals surface area contributed by atoms with Gasteiger partial charge in [-0.3, -0.25) is 0 Å². The molecule has 1 aliphatic rings. The summed E-state index contributed by atoms with van der Waals surface area (Å²) in [5, 5.41) is 10.2. The molecule has 9 nitrogen and oxygen atoms in total. The van der Waals surface area contributed by atoms with Crippen molar-refractivity contribution in [3.8, 4) is 5.95 Å². The number of ether oxygens (including phenoxy) is 1. The molecule has 0 bridgehead atoms. The van der Waals surface area contributed by atoms with Gasteiger partial charge in [0.1, 0.15) is 12.7 Å². The van der Waals surface area contributed by atoms with E-state index in [4.69, 9.17) is 4.74 Å². The van der Waals surface area contributed by atoms with Gasteiger partial charge in [0.2, 0.25) is 11.9 Å². The molecule has 2 aromatic heterocycles. The minimum atomic E-state index is 0.432. The molecule has 0 spiro atoms. The second-order valence-electron chi connectivity index (χ2n) is 4.81. The Kier molecular flexibility index (Phi) is 4.20. The van der Waals surface area contributed by atoms with Crippen molar-refractivity contribution in [2.75, 3.05) is 37.4 Å². The molecule has 112 valence electrons. The van der Waals surface area contributed by atoms with Crippen LogP contribution in [-0.2, 0) is 4.74 Å². The fourth-order valence-electron chi connectivity index (χ4n) is 2.16. The largest absolute Gasteiger partial charge is 0.381 e. The third-order valence-electron chi connectivity index (χ3n) is 3.36. The van der Waals surface area contributed by atoms with Gasteiger partial charge in [-0.25, -0.2) is 4.98 Å². The molecule has 3 heterocycles. The third-order valence-corrected chi connectivity index (χ3v) is 3.36. The number of rotatable bonds is 5. The van der Waals surface area contributed by atoms with Gasteiger partial charge in [-0.1, -0.05) is 0 Å². The summed E-state index contributed by atoms with van der Waals surface area (Å²) < 4.78 is 6.86. The highest BCUT2D eigenvalue weighted by Gasteiger charge is 2.15. The molecule has 2 N–H and O–H groups in total. The smallest absolute Gasteiger partial charge is 0.258 e. The van der Waals surface area contributed by atoms with E-state index in [2.05, 4.69) is 35.7 Å². The van der Waals surface area contributed by atoms with Crippen molar-refractivity contribution in [2.24, 2.45) is 5.92 Å². The van der Waals surface area contributed by atoms with Crippen LogP contribution in [0.3, 0.4) is 0 Å². The highest BCUT2D eigenvalue weighted by Crippen LogP contribution is 2.15. The van der Waals surface area contributed by atoms with E-state index < -0.39 is 0 Å². The topological polar surface area (TPSA) is 103 Å². The van der Waals surface area contributed by atoms with Crippen molar-refractivity contribution in [3.63, 3.8) is 0 Å². The lowest BCUT2D eigenvalue weighted by Crippen LogP contribution is -2.23. The quantitative estimate of drug-likeness (QED) is 0.812. The summed E-state index contributed by atoms with van der Waals surface area (Å²) in [6.07, 6.45) is 5.12. The first kappa shape index (κ1) is 13.7. The molecule has 0 atom stereocenters. The van der Waals surface area contributed by atoms with Crippen molar-refractivity contribution in [2.45, 2.75) is 12.8 Å². The maximum atomic E-state index is 5.36. The summed E-state index contributed by atoms with van der Waals surface area (Å²) in [5.74, 6) is 2.04. The van der Waals surface area contributed by atoms with E-state index >= 15 is 0 Å². The zero-order valence-electron chi connectivity index (χ0n) is 11.9. The van der Waals surface area contributed by atoms with Gasteiger partial charge >= 0.3 is 0 Å². The van der Waals surface area contributed by atoms with Crippen LogP contribution in [-0.4, -0.2) is 56.5 Å². The van der Waals surface area contributed by atoms with Crippen LogP contribution < -0.4 is 10.6 Å². The van der Waals surface area contributed by atoms with Gasteiger partial charge < -0.3 is 15.4 Å². The number of nitrogens with zero attached hydrogens (tertiary/aromatic N) is 6. The predicted octanol–water partition coefficient (Wildman–Crippen LogP) is 0.332. The van der Waals surface area contributed by atoms with Crippen LogP contribution in [0.1, 0.15) is 12.8 Å². The van der Waals surface area contributed by atoms with Crippen molar-refractivity contribution in [1.29, 1.82) is 0 Å². The van der Waals surface area contributed by atoms with Gasteiger partial charge in [0.15, 0.2) is 0 Å². The Balaban J connectivity index is 1.73. The molecular formula is C12H18N8O. The Labute approximate surface area is 122 Å². The first-order valence-corrected chi connectivity index (χ1v) is 6.95. The zero-order valence-corrected chi connectivity index (χ0v) is 11.9. The minimum absolute atomic E-state index is 0.432.